The maximum absolute atomic E-state index is 9.23. The van der Waals surface area contributed by atoms with Crippen LogP contribution in [0, 0.1) is 11.8 Å². The minimum Gasteiger partial charge on any atom is -0.508 e. The van der Waals surface area contributed by atoms with E-state index in [1.54, 1.807) is 12.1 Å². The first kappa shape index (κ1) is 12.4. The molecule has 2 N–H and O–H groups in total. The number of phenolic OH excluding ortho intramolecular Hbond substituents is 1. The van der Waals surface area contributed by atoms with Gasteiger partial charge in [-0.3, -0.25) is 0 Å². The lowest BCUT2D eigenvalue weighted by atomic mass is 9.80. The summed E-state index contributed by atoms with van der Waals surface area (Å²) >= 11 is 0. The molecule has 0 heterocycles. The molecular formula is C15H23NO. The summed E-state index contributed by atoms with van der Waals surface area (Å²) in [6.07, 6.45) is 4.01. The predicted octanol–water partition coefficient (Wildman–Crippen LogP) is 3.31. The number of rotatable bonds is 3. The third-order valence-corrected chi connectivity index (χ3v) is 3.96. The molecular weight excluding hydrogens is 210 g/mol. The van der Waals surface area contributed by atoms with Crippen LogP contribution in [0.4, 0.5) is 0 Å². The number of phenols is 1. The smallest absolute Gasteiger partial charge is 0.115 e. The molecule has 3 unspecified atom stereocenters. The fourth-order valence-electron chi connectivity index (χ4n) is 2.68. The van der Waals surface area contributed by atoms with E-state index in [0.29, 0.717) is 11.8 Å². The Balaban J connectivity index is 1.86. The zero-order chi connectivity index (χ0) is 12.3. The zero-order valence-electron chi connectivity index (χ0n) is 10.8. The van der Waals surface area contributed by atoms with E-state index in [2.05, 4.69) is 19.2 Å². The lowest BCUT2D eigenvalue weighted by molar-refractivity contribution is 0.227. The van der Waals surface area contributed by atoms with Crippen molar-refractivity contribution < 1.29 is 5.11 Å². The lowest BCUT2D eigenvalue weighted by Crippen LogP contribution is -2.39. The van der Waals surface area contributed by atoms with Gasteiger partial charge < -0.3 is 10.4 Å². The molecule has 1 saturated carbocycles. The second kappa shape index (κ2) is 5.54. The van der Waals surface area contributed by atoms with E-state index in [1.807, 2.05) is 12.1 Å². The maximum Gasteiger partial charge on any atom is 0.115 e. The molecule has 17 heavy (non-hydrogen) atoms. The first-order valence-electron chi connectivity index (χ1n) is 6.66. The Morgan fingerprint density at radius 1 is 1.18 bits per heavy atom. The highest BCUT2D eigenvalue weighted by atomic mass is 16.3. The number of benzene rings is 1. The third-order valence-electron chi connectivity index (χ3n) is 3.96. The third kappa shape index (κ3) is 3.47. The standard InChI is InChI=1S/C15H23NO/c1-11-3-4-12(2)15(9-11)16-10-13-5-7-14(17)8-6-13/h5-8,11-12,15-17H,3-4,9-10H2,1-2H3. The monoisotopic (exact) mass is 233 g/mol. The van der Waals surface area contributed by atoms with E-state index in [1.165, 1.54) is 24.8 Å². The molecule has 1 aromatic rings. The van der Waals surface area contributed by atoms with Crippen molar-refractivity contribution in [1.82, 2.24) is 5.32 Å². The Labute approximate surface area is 104 Å². The average Bonchev–Trinajstić information content (AvgIpc) is 2.32. The maximum atomic E-state index is 9.23. The van der Waals surface area contributed by atoms with Gasteiger partial charge in [-0.05, 0) is 42.4 Å². The summed E-state index contributed by atoms with van der Waals surface area (Å²) in [5.41, 5.74) is 1.24. The average molecular weight is 233 g/mol. The van der Waals surface area contributed by atoms with Crippen molar-refractivity contribution in [3.05, 3.63) is 29.8 Å². The molecule has 94 valence electrons. The van der Waals surface area contributed by atoms with Crippen molar-refractivity contribution in [3.63, 3.8) is 0 Å². The Hall–Kier alpha value is -1.02. The molecule has 0 aromatic heterocycles. The summed E-state index contributed by atoms with van der Waals surface area (Å²) in [4.78, 5) is 0. The Kier molecular flexibility index (Phi) is 4.06. The summed E-state index contributed by atoms with van der Waals surface area (Å²) in [5.74, 6) is 1.97. The van der Waals surface area contributed by atoms with Crippen LogP contribution >= 0.6 is 0 Å². The highest BCUT2D eigenvalue weighted by Gasteiger charge is 2.24. The summed E-state index contributed by atoms with van der Waals surface area (Å²) in [5, 5.41) is 12.9. The van der Waals surface area contributed by atoms with Crippen molar-refractivity contribution in [1.29, 1.82) is 0 Å². The van der Waals surface area contributed by atoms with Crippen molar-refractivity contribution >= 4 is 0 Å². The number of nitrogens with one attached hydrogen (secondary N) is 1. The topological polar surface area (TPSA) is 32.3 Å². The van der Waals surface area contributed by atoms with Gasteiger partial charge in [0.2, 0.25) is 0 Å². The zero-order valence-corrected chi connectivity index (χ0v) is 10.8. The van der Waals surface area contributed by atoms with Gasteiger partial charge in [0.15, 0.2) is 0 Å². The molecule has 0 spiro atoms. The van der Waals surface area contributed by atoms with E-state index in [9.17, 15) is 5.11 Å². The Morgan fingerprint density at radius 2 is 1.88 bits per heavy atom. The summed E-state index contributed by atoms with van der Waals surface area (Å²) < 4.78 is 0. The number of aromatic hydroxyl groups is 1. The first-order valence-corrected chi connectivity index (χ1v) is 6.66. The van der Waals surface area contributed by atoms with Crippen LogP contribution in [-0.2, 0) is 6.54 Å². The van der Waals surface area contributed by atoms with Crippen LogP contribution in [0.5, 0.6) is 5.75 Å². The van der Waals surface area contributed by atoms with Crippen molar-refractivity contribution in [2.24, 2.45) is 11.8 Å². The SMILES string of the molecule is CC1CCC(C)C(NCc2ccc(O)cc2)C1. The van der Waals surface area contributed by atoms with Crippen molar-refractivity contribution in [2.45, 2.75) is 45.7 Å². The van der Waals surface area contributed by atoms with Gasteiger partial charge in [0, 0.05) is 12.6 Å². The van der Waals surface area contributed by atoms with Gasteiger partial charge in [0.05, 0.1) is 0 Å². The molecule has 1 aliphatic rings. The normalized spacial score (nSPS) is 29.2. The van der Waals surface area contributed by atoms with Crippen LogP contribution < -0.4 is 5.32 Å². The quantitative estimate of drug-likeness (QED) is 0.839. The molecule has 0 radical (unpaired) electrons. The van der Waals surface area contributed by atoms with Gasteiger partial charge in [-0.15, -0.1) is 0 Å². The number of hydrogen-bond donors (Lipinski definition) is 2. The van der Waals surface area contributed by atoms with Gasteiger partial charge in [-0.25, -0.2) is 0 Å². The molecule has 3 atom stereocenters. The van der Waals surface area contributed by atoms with E-state index >= 15 is 0 Å². The summed E-state index contributed by atoms with van der Waals surface area (Å²) in [6.45, 7) is 5.60. The largest absolute Gasteiger partial charge is 0.508 e. The Bertz CT molecular complexity index is 346. The van der Waals surface area contributed by atoms with Gasteiger partial charge in [0.1, 0.15) is 5.75 Å². The molecule has 1 aliphatic carbocycles. The second-order valence-corrected chi connectivity index (χ2v) is 5.55. The highest BCUT2D eigenvalue weighted by molar-refractivity contribution is 5.25. The van der Waals surface area contributed by atoms with E-state index < -0.39 is 0 Å². The van der Waals surface area contributed by atoms with Gasteiger partial charge in [0.25, 0.3) is 0 Å². The molecule has 0 saturated heterocycles. The Morgan fingerprint density at radius 3 is 2.59 bits per heavy atom. The van der Waals surface area contributed by atoms with Crippen LogP contribution in [0.25, 0.3) is 0 Å². The molecule has 1 fully saturated rings. The molecule has 0 amide bonds. The minimum atomic E-state index is 0.341. The molecule has 2 heteroatoms. The fraction of sp³-hybridized carbons (Fsp3) is 0.600. The summed E-state index contributed by atoms with van der Waals surface area (Å²) in [6, 6.07) is 8.12. The minimum absolute atomic E-state index is 0.341. The first-order chi connectivity index (χ1) is 8.15. The molecule has 0 aliphatic heterocycles. The van der Waals surface area contributed by atoms with Crippen LogP contribution in [0.3, 0.4) is 0 Å². The molecule has 2 nitrogen and oxygen atoms in total. The molecule has 1 aromatic carbocycles. The fourth-order valence-corrected chi connectivity index (χ4v) is 2.68. The highest BCUT2D eigenvalue weighted by Crippen LogP contribution is 2.28. The van der Waals surface area contributed by atoms with Crippen molar-refractivity contribution in [3.8, 4) is 5.75 Å². The van der Waals surface area contributed by atoms with Crippen LogP contribution in [-0.4, -0.2) is 11.1 Å². The van der Waals surface area contributed by atoms with Crippen LogP contribution in [0.2, 0.25) is 0 Å². The predicted molar refractivity (Wildman–Crippen MR) is 70.9 cm³/mol. The summed E-state index contributed by atoms with van der Waals surface area (Å²) in [7, 11) is 0. The van der Waals surface area contributed by atoms with Gasteiger partial charge >= 0.3 is 0 Å². The lowest BCUT2D eigenvalue weighted by Gasteiger charge is -2.33. The van der Waals surface area contributed by atoms with Crippen molar-refractivity contribution in [2.75, 3.05) is 0 Å². The van der Waals surface area contributed by atoms with E-state index in [4.69, 9.17) is 0 Å². The second-order valence-electron chi connectivity index (χ2n) is 5.55. The van der Waals surface area contributed by atoms with Crippen LogP contribution in [0.15, 0.2) is 24.3 Å². The van der Waals surface area contributed by atoms with Gasteiger partial charge in [-0.1, -0.05) is 32.4 Å². The van der Waals surface area contributed by atoms with E-state index in [0.717, 1.165) is 18.4 Å². The molecule has 2 rings (SSSR count). The van der Waals surface area contributed by atoms with Crippen LogP contribution in [0.1, 0.15) is 38.7 Å². The van der Waals surface area contributed by atoms with E-state index in [-0.39, 0.29) is 0 Å². The van der Waals surface area contributed by atoms with Gasteiger partial charge in [-0.2, -0.15) is 0 Å². The molecule has 0 bridgehead atoms. The number of hydrogen-bond acceptors (Lipinski definition) is 2.